The molecule has 1 aromatic carbocycles. The van der Waals surface area contributed by atoms with Gasteiger partial charge in [0, 0.05) is 17.8 Å². The first-order valence-electron chi connectivity index (χ1n) is 4.96. The Morgan fingerprint density at radius 2 is 2.06 bits per heavy atom. The van der Waals surface area contributed by atoms with Crippen LogP contribution in [0.15, 0.2) is 12.1 Å². The number of nitrogens with two attached hydrogens (primary N) is 1. The van der Waals surface area contributed by atoms with Crippen molar-refractivity contribution in [1.29, 1.82) is 0 Å². The normalized spacial score (nSPS) is 11.5. The van der Waals surface area contributed by atoms with E-state index in [9.17, 15) is 4.79 Å². The van der Waals surface area contributed by atoms with Gasteiger partial charge in [-0.3, -0.25) is 10.1 Å². The standard InChI is InChI=1S/C11H14Cl2N2O2/c1-11(2,10(16)17)15-5-6-8(14)4-3-7(12)9(6)13/h3-4,15H,5,14H2,1-2H3,(H,16,17). The highest BCUT2D eigenvalue weighted by atomic mass is 35.5. The Labute approximate surface area is 110 Å². The van der Waals surface area contributed by atoms with Crippen molar-refractivity contribution in [2.75, 3.05) is 5.73 Å². The number of halogens is 2. The van der Waals surface area contributed by atoms with Crippen molar-refractivity contribution >= 4 is 34.9 Å². The predicted octanol–water partition coefficient (Wildman–Crippen LogP) is 2.53. The molecule has 0 aliphatic carbocycles. The number of nitrogens with one attached hydrogen (secondary N) is 1. The van der Waals surface area contributed by atoms with Crippen LogP contribution in [-0.2, 0) is 11.3 Å². The summed E-state index contributed by atoms with van der Waals surface area (Å²) in [5.41, 5.74) is 5.79. The number of carbonyl (C=O) groups is 1. The number of hydrogen-bond donors (Lipinski definition) is 3. The molecule has 4 N–H and O–H groups in total. The lowest BCUT2D eigenvalue weighted by molar-refractivity contribution is -0.143. The SMILES string of the molecule is CC(C)(NCc1c(N)ccc(Cl)c1Cl)C(=O)O. The van der Waals surface area contributed by atoms with Gasteiger partial charge in [-0.2, -0.15) is 0 Å². The molecule has 1 rings (SSSR count). The Kier molecular flexibility index (Phi) is 4.25. The van der Waals surface area contributed by atoms with Gasteiger partial charge in [0.15, 0.2) is 0 Å². The molecule has 0 saturated carbocycles. The van der Waals surface area contributed by atoms with Gasteiger partial charge in [-0.05, 0) is 26.0 Å². The number of hydrogen-bond acceptors (Lipinski definition) is 3. The van der Waals surface area contributed by atoms with Gasteiger partial charge in [0.25, 0.3) is 0 Å². The van der Waals surface area contributed by atoms with Crippen LogP contribution in [0.25, 0.3) is 0 Å². The van der Waals surface area contributed by atoms with E-state index < -0.39 is 11.5 Å². The summed E-state index contributed by atoms with van der Waals surface area (Å²) in [7, 11) is 0. The number of anilines is 1. The van der Waals surface area contributed by atoms with Crippen LogP contribution in [0.4, 0.5) is 5.69 Å². The van der Waals surface area contributed by atoms with Crippen molar-refractivity contribution in [3.8, 4) is 0 Å². The summed E-state index contributed by atoms with van der Waals surface area (Å²) in [4.78, 5) is 10.9. The Morgan fingerprint density at radius 3 is 2.59 bits per heavy atom. The third-order valence-electron chi connectivity index (χ3n) is 2.47. The number of carboxylic acid groups (broad SMARTS) is 1. The maximum Gasteiger partial charge on any atom is 0.323 e. The van der Waals surface area contributed by atoms with Gasteiger partial charge in [0.2, 0.25) is 0 Å². The Bertz CT molecular complexity index is 447. The second-order valence-electron chi connectivity index (χ2n) is 4.21. The summed E-state index contributed by atoms with van der Waals surface area (Å²) >= 11 is 11.9. The lowest BCUT2D eigenvalue weighted by Crippen LogP contribution is -2.46. The Hall–Kier alpha value is -0.970. The van der Waals surface area contributed by atoms with E-state index in [4.69, 9.17) is 34.0 Å². The topological polar surface area (TPSA) is 75.3 Å². The third kappa shape index (κ3) is 3.25. The van der Waals surface area contributed by atoms with E-state index in [2.05, 4.69) is 5.32 Å². The van der Waals surface area contributed by atoms with Crippen LogP contribution in [0, 0.1) is 0 Å². The van der Waals surface area contributed by atoms with Crippen LogP contribution in [0.2, 0.25) is 10.0 Å². The van der Waals surface area contributed by atoms with Gasteiger partial charge < -0.3 is 10.8 Å². The molecular formula is C11H14Cl2N2O2. The minimum atomic E-state index is -1.06. The molecule has 0 heterocycles. The number of benzene rings is 1. The number of rotatable bonds is 4. The van der Waals surface area contributed by atoms with E-state index in [-0.39, 0.29) is 6.54 Å². The molecule has 0 spiro atoms. The van der Waals surface area contributed by atoms with E-state index in [1.165, 1.54) is 0 Å². The van der Waals surface area contributed by atoms with Gasteiger partial charge >= 0.3 is 5.97 Å². The molecule has 4 nitrogen and oxygen atoms in total. The minimum Gasteiger partial charge on any atom is -0.480 e. The lowest BCUT2D eigenvalue weighted by Gasteiger charge is -2.22. The molecule has 0 atom stereocenters. The minimum absolute atomic E-state index is 0.241. The van der Waals surface area contributed by atoms with E-state index in [1.54, 1.807) is 26.0 Å². The third-order valence-corrected chi connectivity index (χ3v) is 3.32. The van der Waals surface area contributed by atoms with Gasteiger partial charge in [-0.15, -0.1) is 0 Å². The molecule has 1 aromatic rings. The van der Waals surface area contributed by atoms with Crippen molar-refractivity contribution in [2.24, 2.45) is 0 Å². The van der Waals surface area contributed by atoms with Crippen LogP contribution in [-0.4, -0.2) is 16.6 Å². The molecule has 0 amide bonds. The molecule has 94 valence electrons. The monoisotopic (exact) mass is 276 g/mol. The van der Waals surface area contributed by atoms with E-state index in [1.807, 2.05) is 0 Å². The maximum atomic E-state index is 10.9. The van der Waals surface area contributed by atoms with E-state index >= 15 is 0 Å². The Balaban J connectivity index is 2.90. The van der Waals surface area contributed by atoms with E-state index in [0.29, 0.717) is 21.3 Å². The summed E-state index contributed by atoms with van der Waals surface area (Å²) in [5.74, 6) is -0.950. The second-order valence-corrected chi connectivity index (χ2v) is 5.00. The summed E-state index contributed by atoms with van der Waals surface area (Å²) < 4.78 is 0. The first kappa shape index (κ1) is 14.1. The Morgan fingerprint density at radius 1 is 1.47 bits per heavy atom. The zero-order valence-electron chi connectivity index (χ0n) is 9.55. The fraction of sp³-hybridized carbons (Fsp3) is 0.364. The molecule has 0 aliphatic rings. The average molecular weight is 277 g/mol. The predicted molar refractivity (Wildman–Crippen MR) is 69.4 cm³/mol. The van der Waals surface area contributed by atoms with Crippen molar-refractivity contribution in [1.82, 2.24) is 5.32 Å². The van der Waals surface area contributed by atoms with Crippen LogP contribution in [0.3, 0.4) is 0 Å². The lowest BCUT2D eigenvalue weighted by atomic mass is 10.1. The molecule has 0 bridgehead atoms. The molecule has 6 heteroatoms. The molecule has 17 heavy (non-hydrogen) atoms. The quantitative estimate of drug-likeness (QED) is 0.739. The van der Waals surface area contributed by atoms with Gasteiger partial charge in [-0.1, -0.05) is 23.2 Å². The van der Waals surface area contributed by atoms with Gasteiger partial charge in [-0.25, -0.2) is 0 Å². The van der Waals surface area contributed by atoms with Gasteiger partial charge in [0.05, 0.1) is 10.0 Å². The molecule has 0 fully saturated rings. The highest BCUT2D eigenvalue weighted by Crippen LogP contribution is 2.30. The zero-order chi connectivity index (χ0) is 13.2. The fourth-order valence-electron chi connectivity index (χ4n) is 1.17. The van der Waals surface area contributed by atoms with Crippen LogP contribution < -0.4 is 11.1 Å². The van der Waals surface area contributed by atoms with E-state index in [0.717, 1.165) is 0 Å². The number of carboxylic acids is 1. The number of nitrogen functional groups attached to an aromatic ring is 1. The largest absolute Gasteiger partial charge is 0.480 e. The summed E-state index contributed by atoms with van der Waals surface area (Å²) in [5, 5.41) is 12.6. The maximum absolute atomic E-state index is 10.9. The fourth-order valence-corrected chi connectivity index (χ4v) is 1.59. The second kappa shape index (κ2) is 5.12. The molecule has 0 aromatic heterocycles. The summed E-state index contributed by atoms with van der Waals surface area (Å²) in [6, 6.07) is 3.24. The molecule has 0 saturated heterocycles. The molecule has 0 unspecified atom stereocenters. The smallest absolute Gasteiger partial charge is 0.323 e. The highest BCUT2D eigenvalue weighted by Gasteiger charge is 2.26. The summed E-state index contributed by atoms with van der Waals surface area (Å²) in [6.45, 7) is 3.36. The molecule has 0 aliphatic heterocycles. The van der Waals surface area contributed by atoms with Crippen molar-refractivity contribution in [2.45, 2.75) is 25.9 Å². The van der Waals surface area contributed by atoms with Crippen molar-refractivity contribution in [3.63, 3.8) is 0 Å². The summed E-state index contributed by atoms with van der Waals surface area (Å²) in [6.07, 6.45) is 0. The first-order valence-corrected chi connectivity index (χ1v) is 5.72. The van der Waals surface area contributed by atoms with Crippen LogP contribution >= 0.6 is 23.2 Å². The number of aliphatic carboxylic acids is 1. The average Bonchev–Trinajstić information content (AvgIpc) is 2.23. The van der Waals surface area contributed by atoms with Crippen LogP contribution in [0.1, 0.15) is 19.4 Å². The van der Waals surface area contributed by atoms with Crippen molar-refractivity contribution < 1.29 is 9.90 Å². The first-order chi connectivity index (χ1) is 7.75. The molecule has 0 radical (unpaired) electrons. The molecular weight excluding hydrogens is 263 g/mol. The van der Waals surface area contributed by atoms with Crippen molar-refractivity contribution in [3.05, 3.63) is 27.7 Å². The van der Waals surface area contributed by atoms with Gasteiger partial charge in [0.1, 0.15) is 5.54 Å². The van der Waals surface area contributed by atoms with Crippen LogP contribution in [0.5, 0.6) is 0 Å². The highest BCUT2D eigenvalue weighted by molar-refractivity contribution is 6.42. The zero-order valence-corrected chi connectivity index (χ0v) is 11.1.